The van der Waals surface area contributed by atoms with Gasteiger partial charge < -0.3 is 14.8 Å². The standard InChI is InChI=1S/C25H20IN3O5/c1-2-33-23-14-18(13-20(26)24(23)34-16-17-8-4-3-5-9-17)12-19(15-27)25(30)28-21-10-6-7-11-22(21)29(31)32/h3-14H,2,16H2,1H3,(H,28,30). The summed E-state index contributed by atoms with van der Waals surface area (Å²) >= 11 is 2.11. The Morgan fingerprint density at radius 1 is 1.15 bits per heavy atom. The van der Waals surface area contributed by atoms with Crippen molar-refractivity contribution in [2.45, 2.75) is 13.5 Å². The van der Waals surface area contributed by atoms with Gasteiger partial charge in [-0.1, -0.05) is 42.5 Å². The zero-order valence-corrected chi connectivity index (χ0v) is 20.3. The minimum absolute atomic E-state index is 0.00731. The highest BCUT2D eigenvalue weighted by Crippen LogP contribution is 2.35. The van der Waals surface area contributed by atoms with Crippen molar-refractivity contribution in [2.75, 3.05) is 11.9 Å². The molecular formula is C25H20IN3O5. The van der Waals surface area contributed by atoms with E-state index in [0.29, 0.717) is 30.3 Å². The highest BCUT2D eigenvalue weighted by Gasteiger charge is 2.18. The van der Waals surface area contributed by atoms with E-state index in [9.17, 15) is 20.2 Å². The molecule has 0 aliphatic carbocycles. The third-order valence-electron chi connectivity index (χ3n) is 4.58. The van der Waals surface area contributed by atoms with E-state index in [1.165, 1.54) is 24.3 Å². The van der Waals surface area contributed by atoms with E-state index >= 15 is 0 Å². The van der Waals surface area contributed by atoms with E-state index in [1.54, 1.807) is 18.2 Å². The molecule has 0 spiro atoms. The van der Waals surface area contributed by atoms with E-state index in [1.807, 2.05) is 43.3 Å². The summed E-state index contributed by atoms with van der Waals surface area (Å²) in [6, 6.07) is 20.7. The number of halogens is 1. The first-order valence-corrected chi connectivity index (χ1v) is 11.3. The molecule has 0 atom stereocenters. The Hall–Kier alpha value is -3.91. The van der Waals surface area contributed by atoms with Crippen molar-refractivity contribution in [3.63, 3.8) is 0 Å². The molecule has 8 nitrogen and oxygen atoms in total. The lowest BCUT2D eigenvalue weighted by Crippen LogP contribution is -2.14. The molecule has 0 heterocycles. The molecule has 0 saturated carbocycles. The Labute approximate surface area is 210 Å². The second kappa shape index (κ2) is 11.8. The topological polar surface area (TPSA) is 114 Å². The molecule has 3 aromatic rings. The Balaban J connectivity index is 1.87. The van der Waals surface area contributed by atoms with Gasteiger partial charge in [0.1, 0.15) is 23.9 Å². The monoisotopic (exact) mass is 569 g/mol. The summed E-state index contributed by atoms with van der Waals surface area (Å²) in [6.07, 6.45) is 1.40. The maximum absolute atomic E-state index is 12.7. The number of hydrogen-bond donors (Lipinski definition) is 1. The summed E-state index contributed by atoms with van der Waals surface area (Å²) in [5.74, 6) is 0.286. The Morgan fingerprint density at radius 2 is 1.85 bits per heavy atom. The molecule has 1 amide bonds. The van der Waals surface area contributed by atoms with Gasteiger partial charge in [-0.15, -0.1) is 0 Å². The first kappa shape index (κ1) is 24.7. The fourth-order valence-electron chi connectivity index (χ4n) is 3.05. The number of carbonyl (C=O) groups excluding carboxylic acids is 1. The lowest BCUT2D eigenvalue weighted by atomic mass is 10.1. The number of hydrogen-bond acceptors (Lipinski definition) is 6. The van der Waals surface area contributed by atoms with Gasteiger partial charge in [0.15, 0.2) is 11.5 Å². The van der Waals surface area contributed by atoms with Crippen LogP contribution in [0, 0.1) is 25.0 Å². The fourth-order valence-corrected chi connectivity index (χ4v) is 3.83. The minimum Gasteiger partial charge on any atom is -0.490 e. The molecule has 0 radical (unpaired) electrons. The number of anilines is 1. The average Bonchev–Trinajstić information content (AvgIpc) is 2.83. The fraction of sp³-hybridized carbons (Fsp3) is 0.120. The molecule has 0 saturated heterocycles. The highest BCUT2D eigenvalue weighted by atomic mass is 127. The predicted octanol–water partition coefficient (Wildman–Crippen LogP) is 5.72. The van der Waals surface area contributed by atoms with Crippen molar-refractivity contribution in [3.05, 3.63) is 97.1 Å². The average molecular weight is 569 g/mol. The number of nitriles is 1. The normalized spacial score (nSPS) is 10.8. The maximum Gasteiger partial charge on any atom is 0.292 e. The first-order valence-electron chi connectivity index (χ1n) is 10.2. The first-order chi connectivity index (χ1) is 16.4. The van der Waals surface area contributed by atoms with Crippen LogP contribution in [0.3, 0.4) is 0 Å². The Morgan fingerprint density at radius 3 is 2.53 bits per heavy atom. The summed E-state index contributed by atoms with van der Waals surface area (Å²) in [5.41, 5.74) is 1.08. The number of ether oxygens (including phenoxy) is 2. The molecule has 0 unspecified atom stereocenters. The minimum atomic E-state index is -0.755. The van der Waals surface area contributed by atoms with Gasteiger partial charge in [-0.25, -0.2) is 0 Å². The molecule has 34 heavy (non-hydrogen) atoms. The van der Waals surface area contributed by atoms with Gasteiger partial charge in [-0.3, -0.25) is 14.9 Å². The van der Waals surface area contributed by atoms with E-state index < -0.39 is 10.8 Å². The molecular weight excluding hydrogens is 549 g/mol. The zero-order valence-electron chi connectivity index (χ0n) is 18.2. The van der Waals surface area contributed by atoms with E-state index in [4.69, 9.17) is 9.47 Å². The smallest absolute Gasteiger partial charge is 0.292 e. The van der Waals surface area contributed by atoms with Gasteiger partial charge in [0.2, 0.25) is 0 Å². The maximum atomic E-state index is 12.7. The van der Waals surface area contributed by atoms with Gasteiger partial charge >= 0.3 is 0 Å². The lowest BCUT2D eigenvalue weighted by Gasteiger charge is -2.15. The van der Waals surface area contributed by atoms with Gasteiger partial charge in [-0.05, 0) is 64.9 Å². The molecule has 3 aromatic carbocycles. The van der Waals surface area contributed by atoms with Crippen LogP contribution >= 0.6 is 22.6 Å². The Bertz CT molecular complexity index is 1270. The van der Waals surface area contributed by atoms with Gasteiger partial charge in [0, 0.05) is 6.07 Å². The highest BCUT2D eigenvalue weighted by molar-refractivity contribution is 14.1. The van der Waals surface area contributed by atoms with Crippen LogP contribution in [-0.4, -0.2) is 17.4 Å². The van der Waals surface area contributed by atoms with Crippen LogP contribution in [0.4, 0.5) is 11.4 Å². The van der Waals surface area contributed by atoms with Gasteiger partial charge in [0.25, 0.3) is 11.6 Å². The van der Waals surface area contributed by atoms with Crippen LogP contribution in [0.1, 0.15) is 18.1 Å². The molecule has 1 N–H and O–H groups in total. The predicted molar refractivity (Wildman–Crippen MR) is 136 cm³/mol. The van der Waals surface area contributed by atoms with E-state index in [2.05, 4.69) is 27.9 Å². The number of nitro benzene ring substituents is 1. The molecule has 0 fully saturated rings. The Kier molecular flexibility index (Phi) is 8.59. The SMILES string of the molecule is CCOc1cc(C=C(C#N)C(=O)Nc2ccccc2[N+](=O)[O-])cc(I)c1OCc1ccccc1. The third kappa shape index (κ3) is 6.32. The number of amides is 1. The van der Waals surface area contributed by atoms with Crippen LogP contribution in [0.15, 0.2) is 72.3 Å². The summed E-state index contributed by atoms with van der Waals surface area (Å²) in [4.78, 5) is 23.3. The number of carbonyl (C=O) groups is 1. The van der Waals surface area contributed by atoms with Crippen LogP contribution in [-0.2, 0) is 11.4 Å². The van der Waals surface area contributed by atoms with E-state index in [0.717, 1.165) is 9.13 Å². The van der Waals surface area contributed by atoms with Crippen molar-refractivity contribution in [3.8, 4) is 17.6 Å². The molecule has 172 valence electrons. The third-order valence-corrected chi connectivity index (χ3v) is 5.38. The molecule has 0 bridgehead atoms. The van der Waals surface area contributed by atoms with Gasteiger partial charge in [-0.2, -0.15) is 5.26 Å². The second-order valence-corrected chi connectivity index (χ2v) is 8.10. The van der Waals surface area contributed by atoms with Crippen LogP contribution in [0.5, 0.6) is 11.5 Å². The van der Waals surface area contributed by atoms with Crippen molar-refractivity contribution in [1.82, 2.24) is 0 Å². The van der Waals surface area contributed by atoms with Crippen LogP contribution in [0.2, 0.25) is 0 Å². The number of rotatable bonds is 9. The summed E-state index contributed by atoms with van der Waals surface area (Å²) in [7, 11) is 0. The number of nitrogens with one attached hydrogen (secondary N) is 1. The molecule has 0 aliphatic rings. The van der Waals surface area contributed by atoms with Gasteiger partial charge in [0.05, 0.1) is 15.1 Å². The number of nitro groups is 1. The molecule has 3 rings (SSSR count). The lowest BCUT2D eigenvalue weighted by molar-refractivity contribution is -0.383. The quantitative estimate of drug-likeness (QED) is 0.116. The number of benzene rings is 3. The van der Waals surface area contributed by atoms with E-state index in [-0.39, 0.29) is 16.9 Å². The largest absolute Gasteiger partial charge is 0.490 e. The second-order valence-electron chi connectivity index (χ2n) is 6.94. The van der Waals surface area contributed by atoms with Crippen LogP contribution in [0.25, 0.3) is 6.08 Å². The van der Waals surface area contributed by atoms with Crippen molar-refractivity contribution in [2.24, 2.45) is 0 Å². The molecule has 9 heteroatoms. The molecule has 0 aliphatic heterocycles. The van der Waals surface area contributed by atoms with Crippen LogP contribution < -0.4 is 14.8 Å². The number of nitrogens with zero attached hydrogens (tertiary/aromatic N) is 2. The summed E-state index contributed by atoms with van der Waals surface area (Å²) < 4.78 is 12.5. The number of para-hydroxylation sites is 2. The summed E-state index contributed by atoms with van der Waals surface area (Å²) in [6.45, 7) is 2.60. The zero-order chi connectivity index (χ0) is 24.5. The van der Waals surface area contributed by atoms with Crippen molar-refractivity contribution < 1.29 is 19.2 Å². The van der Waals surface area contributed by atoms with Crippen molar-refractivity contribution >= 4 is 45.9 Å². The van der Waals surface area contributed by atoms with Crippen molar-refractivity contribution in [1.29, 1.82) is 5.26 Å². The summed E-state index contributed by atoms with van der Waals surface area (Å²) in [5, 5.41) is 23.2. The molecule has 0 aromatic heterocycles.